The molecule has 1 heterocycles. The monoisotopic (exact) mass is 243 g/mol. The maximum atomic E-state index is 5.87. The van der Waals surface area contributed by atoms with Gasteiger partial charge in [0.05, 0.1) is 0 Å². The van der Waals surface area contributed by atoms with E-state index in [1.807, 2.05) is 49.4 Å². The second-order valence-electron chi connectivity index (χ2n) is 3.99. The summed E-state index contributed by atoms with van der Waals surface area (Å²) in [5, 5.41) is 5.89. The van der Waals surface area contributed by atoms with E-state index in [1.54, 1.807) is 0 Å². The van der Waals surface area contributed by atoms with Crippen LogP contribution < -0.4 is 0 Å². The summed E-state index contributed by atoms with van der Waals surface area (Å²) in [7, 11) is 0. The molecule has 3 rings (SSSR count). The molecule has 84 valence electrons. The van der Waals surface area contributed by atoms with Crippen molar-refractivity contribution in [3.05, 3.63) is 53.1 Å². The van der Waals surface area contributed by atoms with Crippen LogP contribution in [0.5, 0.6) is 0 Å². The second kappa shape index (κ2) is 3.90. The van der Waals surface area contributed by atoms with E-state index in [4.69, 9.17) is 16.1 Å². The third-order valence-electron chi connectivity index (χ3n) is 2.81. The largest absolute Gasteiger partial charge is 0.355 e. The quantitative estimate of drug-likeness (QED) is 0.631. The topological polar surface area (TPSA) is 26.0 Å². The minimum absolute atomic E-state index is 0.720. The van der Waals surface area contributed by atoms with E-state index in [9.17, 15) is 0 Å². The minimum Gasteiger partial charge on any atom is -0.355 e. The van der Waals surface area contributed by atoms with Crippen molar-refractivity contribution >= 4 is 22.6 Å². The third-order valence-corrected chi connectivity index (χ3v) is 3.06. The van der Waals surface area contributed by atoms with Gasteiger partial charge < -0.3 is 4.52 Å². The van der Waals surface area contributed by atoms with E-state index in [0.717, 1.165) is 32.8 Å². The Kier molecular flexibility index (Phi) is 2.37. The lowest BCUT2D eigenvalue weighted by Crippen LogP contribution is -1.78. The van der Waals surface area contributed by atoms with Crippen molar-refractivity contribution in [2.45, 2.75) is 6.92 Å². The number of para-hydroxylation sites is 1. The summed E-state index contributed by atoms with van der Waals surface area (Å²) < 4.78 is 5.38. The molecule has 0 fully saturated rings. The van der Waals surface area contributed by atoms with E-state index in [1.165, 1.54) is 0 Å². The molecule has 1 aromatic heterocycles. The van der Waals surface area contributed by atoms with Crippen LogP contribution in [0.1, 0.15) is 5.56 Å². The molecule has 0 unspecified atom stereocenters. The van der Waals surface area contributed by atoms with Crippen molar-refractivity contribution < 1.29 is 4.52 Å². The predicted molar refractivity (Wildman–Crippen MR) is 69.2 cm³/mol. The first-order chi connectivity index (χ1) is 8.25. The van der Waals surface area contributed by atoms with Gasteiger partial charge in [-0.3, -0.25) is 0 Å². The van der Waals surface area contributed by atoms with Gasteiger partial charge >= 0.3 is 0 Å². The number of rotatable bonds is 1. The van der Waals surface area contributed by atoms with Crippen molar-refractivity contribution in [3.8, 4) is 11.3 Å². The molecule has 3 heteroatoms. The SMILES string of the molecule is Cc1cccc2c(-c3ccc(Cl)cc3)noc12. The van der Waals surface area contributed by atoms with Crippen molar-refractivity contribution in [2.75, 3.05) is 0 Å². The average molecular weight is 244 g/mol. The standard InChI is InChI=1S/C14H10ClNO/c1-9-3-2-4-12-13(16-17-14(9)12)10-5-7-11(15)8-6-10/h2-8H,1H3. The fourth-order valence-corrected chi connectivity index (χ4v) is 2.04. The molecule has 0 radical (unpaired) electrons. The highest BCUT2D eigenvalue weighted by Gasteiger charge is 2.11. The number of benzene rings is 2. The molecule has 17 heavy (non-hydrogen) atoms. The molecule has 0 spiro atoms. The first kappa shape index (κ1) is 10.4. The van der Waals surface area contributed by atoms with E-state index in [-0.39, 0.29) is 0 Å². The first-order valence-corrected chi connectivity index (χ1v) is 5.74. The molecule has 0 atom stereocenters. The highest BCUT2D eigenvalue weighted by atomic mass is 35.5. The molecule has 0 bridgehead atoms. The fourth-order valence-electron chi connectivity index (χ4n) is 1.92. The number of hydrogen-bond acceptors (Lipinski definition) is 2. The Labute approximate surface area is 104 Å². The van der Waals surface area contributed by atoms with Crippen LogP contribution in [0.2, 0.25) is 5.02 Å². The van der Waals surface area contributed by atoms with Crippen LogP contribution >= 0.6 is 11.6 Å². The normalized spacial score (nSPS) is 10.9. The van der Waals surface area contributed by atoms with Crippen LogP contribution in [0.4, 0.5) is 0 Å². The molecule has 0 saturated heterocycles. The summed E-state index contributed by atoms with van der Waals surface area (Å²) in [6.07, 6.45) is 0. The van der Waals surface area contributed by atoms with Crippen LogP contribution in [-0.4, -0.2) is 5.16 Å². The fraction of sp³-hybridized carbons (Fsp3) is 0.0714. The van der Waals surface area contributed by atoms with Crippen LogP contribution in [-0.2, 0) is 0 Å². The molecule has 0 aliphatic rings. The van der Waals surface area contributed by atoms with Gasteiger partial charge in [0.1, 0.15) is 5.69 Å². The zero-order valence-electron chi connectivity index (χ0n) is 9.27. The Bertz CT molecular complexity index is 670. The van der Waals surface area contributed by atoms with Crippen LogP contribution in [0, 0.1) is 6.92 Å². The molecule has 0 aliphatic carbocycles. The zero-order valence-corrected chi connectivity index (χ0v) is 10.0. The molecule has 0 amide bonds. The highest BCUT2D eigenvalue weighted by molar-refractivity contribution is 6.30. The van der Waals surface area contributed by atoms with E-state index in [0.29, 0.717) is 0 Å². The molecule has 0 aliphatic heterocycles. The maximum absolute atomic E-state index is 5.87. The summed E-state index contributed by atoms with van der Waals surface area (Å²) in [5.41, 5.74) is 3.81. The summed E-state index contributed by atoms with van der Waals surface area (Å²) in [6.45, 7) is 2.01. The van der Waals surface area contributed by atoms with E-state index in [2.05, 4.69) is 5.16 Å². The van der Waals surface area contributed by atoms with Crippen molar-refractivity contribution in [3.63, 3.8) is 0 Å². The Balaban J connectivity index is 2.24. The Hall–Kier alpha value is -1.80. The van der Waals surface area contributed by atoms with Gasteiger partial charge in [0, 0.05) is 16.0 Å². The molecule has 0 N–H and O–H groups in total. The van der Waals surface area contributed by atoms with Crippen molar-refractivity contribution in [2.24, 2.45) is 0 Å². The Morgan fingerprint density at radius 2 is 1.82 bits per heavy atom. The number of halogens is 1. The number of aromatic nitrogens is 1. The van der Waals surface area contributed by atoms with E-state index >= 15 is 0 Å². The van der Waals surface area contributed by atoms with Gasteiger partial charge in [-0.25, -0.2) is 0 Å². The van der Waals surface area contributed by atoms with Crippen LogP contribution in [0.15, 0.2) is 47.0 Å². The molecular weight excluding hydrogens is 234 g/mol. The Morgan fingerprint density at radius 1 is 1.06 bits per heavy atom. The first-order valence-electron chi connectivity index (χ1n) is 5.36. The predicted octanol–water partition coefficient (Wildman–Crippen LogP) is 4.46. The van der Waals surface area contributed by atoms with Gasteiger partial charge in [-0.1, -0.05) is 41.0 Å². The lowest BCUT2D eigenvalue weighted by molar-refractivity contribution is 0.458. The van der Waals surface area contributed by atoms with Crippen LogP contribution in [0.3, 0.4) is 0 Å². The maximum Gasteiger partial charge on any atom is 0.170 e. The number of fused-ring (bicyclic) bond motifs is 1. The van der Waals surface area contributed by atoms with Crippen LogP contribution in [0.25, 0.3) is 22.2 Å². The summed E-state index contributed by atoms with van der Waals surface area (Å²) in [6, 6.07) is 13.6. The second-order valence-corrected chi connectivity index (χ2v) is 4.43. The van der Waals surface area contributed by atoms with Gasteiger partial charge in [-0.15, -0.1) is 0 Å². The number of hydrogen-bond donors (Lipinski definition) is 0. The minimum atomic E-state index is 0.720. The van der Waals surface area contributed by atoms with E-state index < -0.39 is 0 Å². The van der Waals surface area contributed by atoms with Gasteiger partial charge in [0.25, 0.3) is 0 Å². The molecule has 2 aromatic carbocycles. The van der Waals surface area contributed by atoms with Gasteiger partial charge in [0.2, 0.25) is 0 Å². The Morgan fingerprint density at radius 3 is 2.59 bits per heavy atom. The summed E-state index contributed by atoms with van der Waals surface area (Å²) >= 11 is 5.87. The van der Waals surface area contributed by atoms with Crippen molar-refractivity contribution in [1.82, 2.24) is 5.16 Å². The lowest BCUT2D eigenvalue weighted by atomic mass is 10.1. The number of aryl methyl sites for hydroxylation is 1. The number of nitrogens with zero attached hydrogens (tertiary/aromatic N) is 1. The zero-order chi connectivity index (χ0) is 11.8. The third kappa shape index (κ3) is 1.71. The summed E-state index contributed by atoms with van der Waals surface area (Å²) in [4.78, 5) is 0. The van der Waals surface area contributed by atoms with Gasteiger partial charge in [0.15, 0.2) is 5.58 Å². The average Bonchev–Trinajstić information content (AvgIpc) is 2.75. The lowest BCUT2D eigenvalue weighted by Gasteiger charge is -1.97. The molecule has 2 nitrogen and oxygen atoms in total. The molecular formula is C14H10ClNO. The molecule has 3 aromatic rings. The van der Waals surface area contributed by atoms with Crippen molar-refractivity contribution in [1.29, 1.82) is 0 Å². The smallest absolute Gasteiger partial charge is 0.170 e. The molecule has 0 saturated carbocycles. The van der Waals surface area contributed by atoms with Gasteiger partial charge in [-0.05, 0) is 30.7 Å². The highest BCUT2D eigenvalue weighted by Crippen LogP contribution is 2.30. The summed E-state index contributed by atoms with van der Waals surface area (Å²) in [5.74, 6) is 0. The van der Waals surface area contributed by atoms with Gasteiger partial charge in [-0.2, -0.15) is 0 Å².